The molecule has 7 nitrogen and oxygen atoms in total. The minimum Gasteiger partial charge on any atom is -0.282 e. The molecule has 1 aromatic carbocycles. The number of anilines is 1. The van der Waals surface area contributed by atoms with E-state index in [0.29, 0.717) is 10.7 Å². The van der Waals surface area contributed by atoms with Gasteiger partial charge in [0.2, 0.25) is 10.0 Å². The second-order valence-corrected chi connectivity index (χ2v) is 7.37. The summed E-state index contributed by atoms with van der Waals surface area (Å²) in [5, 5.41) is 12.5. The zero-order valence-electron chi connectivity index (χ0n) is 13.9. The molecule has 0 unspecified atom stereocenters. The normalized spacial score (nSPS) is 11.9. The summed E-state index contributed by atoms with van der Waals surface area (Å²) in [7, 11) is -3.84. The molecule has 0 atom stereocenters. The van der Waals surface area contributed by atoms with Crippen molar-refractivity contribution in [2.45, 2.75) is 20.0 Å². The van der Waals surface area contributed by atoms with Gasteiger partial charge in [0.15, 0.2) is 0 Å². The topological polar surface area (TPSA) is 105 Å². The van der Waals surface area contributed by atoms with Crippen LogP contribution in [0, 0.1) is 24.1 Å². The number of nitriles is 1. The highest BCUT2D eigenvalue weighted by molar-refractivity contribution is 7.92. The summed E-state index contributed by atoms with van der Waals surface area (Å²) in [6, 6.07) is 3.33. The summed E-state index contributed by atoms with van der Waals surface area (Å²) in [6.07, 6.45) is -4.82. The van der Waals surface area contributed by atoms with E-state index in [9.17, 15) is 30.8 Å². The van der Waals surface area contributed by atoms with Gasteiger partial charge < -0.3 is 0 Å². The predicted octanol–water partition coefficient (Wildman–Crippen LogP) is 2.33. The molecule has 0 aliphatic heterocycles. The summed E-state index contributed by atoms with van der Waals surface area (Å²) in [5.41, 5.74) is -4.44. The lowest BCUT2D eigenvalue weighted by Gasteiger charge is -2.14. The highest BCUT2D eigenvalue weighted by Crippen LogP contribution is 2.30. The van der Waals surface area contributed by atoms with Crippen LogP contribution < -0.4 is 10.3 Å². The number of aromatic nitrogens is 2. The van der Waals surface area contributed by atoms with E-state index >= 15 is 0 Å². The summed E-state index contributed by atoms with van der Waals surface area (Å²) in [4.78, 5) is 12.0. The molecule has 0 spiro atoms. The largest absolute Gasteiger partial charge is 0.418 e. The van der Waals surface area contributed by atoms with Gasteiger partial charge in [-0.3, -0.25) is 9.52 Å². The Labute approximate surface area is 150 Å². The number of rotatable bonds is 4. The highest BCUT2D eigenvalue weighted by atomic mass is 32.2. The third kappa shape index (κ3) is 4.25. The maximum absolute atomic E-state index is 14.3. The summed E-state index contributed by atoms with van der Waals surface area (Å²) < 4.78 is 78.7. The molecule has 0 radical (unpaired) electrons. The van der Waals surface area contributed by atoms with Crippen molar-refractivity contribution in [2.24, 2.45) is 0 Å². The first-order valence-corrected chi connectivity index (χ1v) is 8.97. The van der Waals surface area contributed by atoms with Gasteiger partial charge in [-0.1, -0.05) is 0 Å². The molecule has 0 saturated carbocycles. The van der Waals surface area contributed by atoms with Crippen LogP contribution in [0.2, 0.25) is 0 Å². The standard InChI is InChI=1S/C15H12F4N4O3S/c1-3-27(25,26)22-12-6-13(11(16)4-9(12)7-20)23-14(24)5-10(8(2)21-23)15(17,18)19/h4-6,22H,3H2,1-2H3. The van der Waals surface area contributed by atoms with E-state index < -0.39 is 44.5 Å². The second-order valence-electron chi connectivity index (χ2n) is 5.36. The fourth-order valence-corrected chi connectivity index (χ4v) is 2.79. The molecular weight excluding hydrogens is 392 g/mol. The second kappa shape index (κ2) is 6.99. The number of benzene rings is 1. The van der Waals surface area contributed by atoms with E-state index in [1.807, 2.05) is 0 Å². The number of sulfonamides is 1. The molecule has 1 heterocycles. The molecule has 0 amide bonds. The van der Waals surface area contributed by atoms with Crippen LogP contribution >= 0.6 is 0 Å². The summed E-state index contributed by atoms with van der Waals surface area (Å²) >= 11 is 0. The smallest absolute Gasteiger partial charge is 0.282 e. The maximum atomic E-state index is 14.3. The van der Waals surface area contributed by atoms with Crippen molar-refractivity contribution in [1.82, 2.24) is 9.78 Å². The van der Waals surface area contributed by atoms with Gasteiger partial charge in [0.1, 0.15) is 17.6 Å². The predicted molar refractivity (Wildman–Crippen MR) is 87.3 cm³/mol. The van der Waals surface area contributed by atoms with E-state index in [-0.39, 0.29) is 23.1 Å². The first kappa shape index (κ1) is 20.4. The lowest BCUT2D eigenvalue weighted by atomic mass is 10.1. The number of hydrogen-bond acceptors (Lipinski definition) is 5. The van der Waals surface area contributed by atoms with Crippen LogP contribution in [0.1, 0.15) is 23.7 Å². The molecule has 27 heavy (non-hydrogen) atoms. The SMILES string of the molecule is CCS(=O)(=O)Nc1cc(-n2nc(C)c(C(F)(F)F)cc2=O)c(F)cc1C#N. The van der Waals surface area contributed by atoms with Crippen molar-refractivity contribution in [3.05, 3.63) is 51.2 Å². The molecule has 2 aromatic rings. The van der Waals surface area contributed by atoms with Crippen molar-refractivity contribution in [3.63, 3.8) is 0 Å². The molecule has 1 N–H and O–H groups in total. The van der Waals surface area contributed by atoms with E-state index in [2.05, 4.69) is 9.82 Å². The number of alkyl halides is 3. The number of nitrogens with zero attached hydrogens (tertiary/aromatic N) is 3. The third-order valence-electron chi connectivity index (χ3n) is 3.50. The van der Waals surface area contributed by atoms with Crippen LogP contribution in [0.5, 0.6) is 0 Å². The molecule has 0 bridgehead atoms. The Kier molecular flexibility index (Phi) is 5.28. The van der Waals surface area contributed by atoms with Crippen molar-refractivity contribution < 1.29 is 26.0 Å². The van der Waals surface area contributed by atoms with Crippen molar-refractivity contribution >= 4 is 15.7 Å². The Morgan fingerprint density at radius 2 is 1.93 bits per heavy atom. The average Bonchev–Trinajstić information content (AvgIpc) is 2.56. The lowest BCUT2D eigenvalue weighted by molar-refractivity contribution is -0.138. The van der Waals surface area contributed by atoms with Crippen LogP contribution in [0.25, 0.3) is 5.69 Å². The van der Waals surface area contributed by atoms with Crippen LogP contribution in [0.3, 0.4) is 0 Å². The first-order chi connectivity index (χ1) is 12.4. The van der Waals surface area contributed by atoms with Gasteiger partial charge in [-0.2, -0.15) is 28.2 Å². The Morgan fingerprint density at radius 1 is 1.30 bits per heavy atom. The number of aryl methyl sites for hydroxylation is 1. The van der Waals surface area contributed by atoms with E-state index in [0.717, 1.165) is 13.0 Å². The molecule has 0 aliphatic carbocycles. The number of halogens is 4. The molecular formula is C15H12F4N4O3S. The van der Waals surface area contributed by atoms with E-state index in [1.165, 1.54) is 6.92 Å². The van der Waals surface area contributed by atoms with Crippen molar-refractivity contribution in [2.75, 3.05) is 10.5 Å². The van der Waals surface area contributed by atoms with Gasteiger partial charge in [0, 0.05) is 6.07 Å². The maximum Gasteiger partial charge on any atom is 0.418 e. The molecule has 1 aromatic heterocycles. The van der Waals surface area contributed by atoms with Gasteiger partial charge in [-0.25, -0.2) is 12.8 Å². The average molecular weight is 404 g/mol. The monoisotopic (exact) mass is 404 g/mol. The van der Waals surface area contributed by atoms with Crippen LogP contribution in [-0.2, 0) is 16.2 Å². The zero-order chi connectivity index (χ0) is 20.6. The van der Waals surface area contributed by atoms with Crippen molar-refractivity contribution in [1.29, 1.82) is 5.26 Å². The van der Waals surface area contributed by atoms with Gasteiger partial charge in [0.25, 0.3) is 5.56 Å². The third-order valence-corrected chi connectivity index (χ3v) is 4.79. The van der Waals surface area contributed by atoms with Gasteiger partial charge in [-0.15, -0.1) is 0 Å². The van der Waals surface area contributed by atoms with E-state index in [1.54, 1.807) is 6.07 Å². The van der Waals surface area contributed by atoms with Crippen molar-refractivity contribution in [3.8, 4) is 11.8 Å². The van der Waals surface area contributed by atoms with Crippen LogP contribution in [0.15, 0.2) is 23.0 Å². The Hall–Kier alpha value is -2.94. The quantitative estimate of drug-likeness (QED) is 0.788. The zero-order valence-corrected chi connectivity index (χ0v) is 14.7. The Morgan fingerprint density at radius 3 is 2.44 bits per heavy atom. The fourth-order valence-electron chi connectivity index (χ4n) is 2.14. The molecule has 0 fully saturated rings. The van der Waals surface area contributed by atoms with Crippen LogP contribution in [-0.4, -0.2) is 24.0 Å². The minimum absolute atomic E-state index is 0.260. The lowest BCUT2D eigenvalue weighted by Crippen LogP contribution is -2.26. The van der Waals surface area contributed by atoms with Gasteiger partial charge in [-0.05, 0) is 26.0 Å². The van der Waals surface area contributed by atoms with E-state index in [4.69, 9.17) is 5.26 Å². The summed E-state index contributed by atoms with van der Waals surface area (Å²) in [5.74, 6) is -1.48. The number of nitrogens with one attached hydrogen (secondary N) is 1. The minimum atomic E-state index is -4.82. The molecule has 12 heteroatoms. The first-order valence-electron chi connectivity index (χ1n) is 7.32. The molecule has 2 rings (SSSR count). The Bertz CT molecular complexity index is 1100. The highest BCUT2D eigenvalue weighted by Gasteiger charge is 2.34. The molecule has 0 aliphatic rings. The summed E-state index contributed by atoms with van der Waals surface area (Å²) in [6.45, 7) is 2.31. The Balaban J connectivity index is 2.72. The van der Waals surface area contributed by atoms with Gasteiger partial charge in [0.05, 0.1) is 28.3 Å². The fraction of sp³-hybridized carbons (Fsp3) is 0.267. The van der Waals surface area contributed by atoms with Gasteiger partial charge >= 0.3 is 6.18 Å². The number of hydrogen-bond donors (Lipinski definition) is 1. The molecule has 144 valence electrons. The molecule has 0 saturated heterocycles. The van der Waals surface area contributed by atoms with Crippen LogP contribution in [0.4, 0.5) is 23.2 Å².